The van der Waals surface area contributed by atoms with E-state index in [0.717, 1.165) is 12.6 Å². The molecule has 0 saturated heterocycles. The zero-order valence-corrected chi connectivity index (χ0v) is 10.9. The van der Waals surface area contributed by atoms with Gasteiger partial charge in [-0.25, -0.2) is 8.78 Å². The summed E-state index contributed by atoms with van der Waals surface area (Å²) >= 11 is 0. The Balaban J connectivity index is 1.81. The van der Waals surface area contributed by atoms with Crippen LogP contribution in [0.3, 0.4) is 0 Å². The maximum atomic E-state index is 13.5. The lowest BCUT2D eigenvalue weighted by Gasteiger charge is -2.15. The topological polar surface area (TPSA) is 41.1 Å². The third kappa shape index (κ3) is 4.28. The molecule has 1 unspecified atom stereocenters. The average Bonchev–Trinajstić information content (AvgIpc) is 3.12. The average molecular weight is 268 g/mol. The largest absolute Gasteiger partial charge is 0.348 e. The SMILES string of the molecule is CC(NC(=O)CNCC1CC1)c1ccc(F)cc1F. The molecule has 0 heterocycles. The first-order valence-corrected chi connectivity index (χ1v) is 6.51. The van der Waals surface area contributed by atoms with Crippen LogP contribution in [0.4, 0.5) is 8.78 Å². The molecule has 0 bridgehead atoms. The summed E-state index contributed by atoms with van der Waals surface area (Å²) in [5, 5.41) is 5.75. The van der Waals surface area contributed by atoms with Gasteiger partial charge in [-0.3, -0.25) is 4.79 Å². The third-order valence-electron chi connectivity index (χ3n) is 3.22. The minimum absolute atomic E-state index is 0.183. The van der Waals surface area contributed by atoms with Gasteiger partial charge in [0.2, 0.25) is 5.91 Å². The Morgan fingerprint density at radius 2 is 2.16 bits per heavy atom. The van der Waals surface area contributed by atoms with E-state index in [2.05, 4.69) is 10.6 Å². The van der Waals surface area contributed by atoms with Crippen LogP contribution < -0.4 is 10.6 Å². The van der Waals surface area contributed by atoms with Crippen molar-refractivity contribution in [1.29, 1.82) is 0 Å². The molecule has 1 atom stereocenters. The first-order valence-electron chi connectivity index (χ1n) is 6.51. The summed E-state index contributed by atoms with van der Waals surface area (Å²) in [6.07, 6.45) is 2.46. The van der Waals surface area contributed by atoms with Gasteiger partial charge >= 0.3 is 0 Å². The molecule has 0 aromatic heterocycles. The van der Waals surface area contributed by atoms with Crippen LogP contribution in [0.25, 0.3) is 0 Å². The van der Waals surface area contributed by atoms with E-state index in [1.54, 1.807) is 6.92 Å². The molecule has 1 aromatic rings. The molecular formula is C14H18F2N2O. The zero-order chi connectivity index (χ0) is 13.8. The predicted octanol–water partition coefficient (Wildman–Crippen LogP) is 2.14. The molecular weight excluding hydrogens is 250 g/mol. The third-order valence-corrected chi connectivity index (χ3v) is 3.22. The highest BCUT2D eigenvalue weighted by molar-refractivity contribution is 5.78. The van der Waals surface area contributed by atoms with Gasteiger partial charge < -0.3 is 10.6 Å². The molecule has 19 heavy (non-hydrogen) atoms. The number of rotatable bonds is 6. The van der Waals surface area contributed by atoms with Crippen LogP contribution in [0, 0.1) is 17.6 Å². The quantitative estimate of drug-likeness (QED) is 0.830. The van der Waals surface area contributed by atoms with Gasteiger partial charge in [-0.05, 0) is 38.3 Å². The fourth-order valence-corrected chi connectivity index (χ4v) is 1.93. The molecule has 3 nitrogen and oxygen atoms in total. The zero-order valence-electron chi connectivity index (χ0n) is 10.9. The summed E-state index contributed by atoms with van der Waals surface area (Å²) in [5.41, 5.74) is 0.289. The van der Waals surface area contributed by atoms with E-state index >= 15 is 0 Å². The summed E-state index contributed by atoms with van der Waals surface area (Å²) < 4.78 is 26.3. The van der Waals surface area contributed by atoms with Gasteiger partial charge in [-0.1, -0.05) is 6.07 Å². The van der Waals surface area contributed by atoms with Crippen molar-refractivity contribution in [1.82, 2.24) is 10.6 Å². The number of hydrogen-bond donors (Lipinski definition) is 2. The molecule has 1 aromatic carbocycles. The molecule has 0 spiro atoms. The van der Waals surface area contributed by atoms with Gasteiger partial charge in [0.05, 0.1) is 12.6 Å². The lowest BCUT2D eigenvalue weighted by molar-refractivity contribution is -0.120. The van der Waals surface area contributed by atoms with E-state index in [-0.39, 0.29) is 18.0 Å². The van der Waals surface area contributed by atoms with Crippen LogP contribution in [0.1, 0.15) is 31.4 Å². The summed E-state index contributed by atoms with van der Waals surface area (Å²) in [7, 11) is 0. The van der Waals surface area contributed by atoms with E-state index in [4.69, 9.17) is 0 Å². The van der Waals surface area contributed by atoms with Crippen LogP contribution in [-0.4, -0.2) is 19.0 Å². The number of benzene rings is 1. The molecule has 1 aliphatic carbocycles. The van der Waals surface area contributed by atoms with Crippen molar-refractivity contribution in [3.8, 4) is 0 Å². The Bertz CT molecular complexity index is 461. The molecule has 2 rings (SSSR count). The molecule has 5 heteroatoms. The summed E-state index contributed by atoms with van der Waals surface area (Å²) in [6, 6.07) is 2.89. The van der Waals surface area contributed by atoms with Crippen molar-refractivity contribution in [2.45, 2.75) is 25.8 Å². The highest BCUT2D eigenvalue weighted by Gasteiger charge is 2.21. The number of amides is 1. The van der Waals surface area contributed by atoms with Crippen molar-refractivity contribution in [3.63, 3.8) is 0 Å². The summed E-state index contributed by atoms with van der Waals surface area (Å²) in [5.74, 6) is -0.735. The van der Waals surface area contributed by atoms with Gasteiger partial charge in [0.25, 0.3) is 0 Å². The van der Waals surface area contributed by atoms with Gasteiger partial charge in [-0.2, -0.15) is 0 Å². The van der Waals surface area contributed by atoms with Gasteiger partial charge in [0.1, 0.15) is 11.6 Å². The molecule has 0 aliphatic heterocycles. The Labute approximate surface area is 111 Å². The summed E-state index contributed by atoms with van der Waals surface area (Å²) in [4.78, 5) is 11.6. The highest BCUT2D eigenvalue weighted by Crippen LogP contribution is 2.27. The fraction of sp³-hybridized carbons (Fsp3) is 0.500. The first-order chi connectivity index (χ1) is 9.06. The number of hydrogen-bond acceptors (Lipinski definition) is 2. The van der Waals surface area contributed by atoms with E-state index in [9.17, 15) is 13.6 Å². The molecule has 2 N–H and O–H groups in total. The van der Waals surface area contributed by atoms with E-state index in [1.165, 1.54) is 25.0 Å². The van der Waals surface area contributed by atoms with Gasteiger partial charge in [-0.15, -0.1) is 0 Å². The fourth-order valence-electron chi connectivity index (χ4n) is 1.93. The lowest BCUT2D eigenvalue weighted by Crippen LogP contribution is -2.36. The smallest absolute Gasteiger partial charge is 0.234 e. The van der Waals surface area contributed by atoms with Crippen molar-refractivity contribution >= 4 is 5.91 Å². The van der Waals surface area contributed by atoms with Crippen LogP contribution in [0.15, 0.2) is 18.2 Å². The predicted molar refractivity (Wildman–Crippen MR) is 68.5 cm³/mol. The van der Waals surface area contributed by atoms with Crippen LogP contribution in [0.5, 0.6) is 0 Å². The standard InChI is InChI=1S/C14H18F2N2O/c1-9(12-5-4-11(15)6-13(12)16)18-14(19)8-17-7-10-2-3-10/h4-6,9-10,17H,2-3,7-8H2,1H3,(H,18,19). The molecule has 1 aliphatic rings. The first kappa shape index (κ1) is 13.9. The Morgan fingerprint density at radius 1 is 1.42 bits per heavy atom. The van der Waals surface area contributed by atoms with Crippen molar-refractivity contribution in [3.05, 3.63) is 35.4 Å². The molecule has 1 saturated carbocycles. The monoisotopic (exact) mass is 268 g/mol. The lowest BCUT2D eigenvalue weighted by atomic mass is 10.1. The second-order valence-electron chi connectivity index (χ2n) is 5.03. The van der Waals surface area contributed by atoms with Crippen molar-refractivity contribution in [2.75, 3.05) is 13.1 Å². The molecule has 1 amide bonds. The van der Waals surface area contributed by atoms with E-state index in [1.807, 2.05) is 0 Å². The van der Waals surface area contributed by atoms with Crippen LogP contribution >= 0.6 is 0 Å². The Morgan fingerprint density at radius 3 is 2.79 bits per heavy atom. The maximum absolute atomic E-state index is 13.5. The van der Waals surface area contributed by atoms with Gasteiger partial charge in [0.15, 0.2) is 0 Å². The minimum Gasteiger partial charge on any atom is -0.348 e. The highest BCUT2D eigenvalue weighted by atomic mass is 19.1. The number of carbonyl (C=O) groups excluding carboxylic acids is 1. The summed E-state index contributed by atoms with van der Waals surface area (Å²) in [6.45, 7) is 2.76. The molecule has 0 radical (unpaired) electrons. The van der Waals surface area contributed by atoms with Crippen molar-refractivity contribution < 1.29 is 13.6 Å². The van der Waals surface area contributed by atoms with Crippen molar-refractivity contribution in [2.24, 2.45) is 5.92 Å². The van der Waals surface area contributed by atoms with Crippen LogP contribution in [0.2, 0.25) is 0 Å². The molecule has 1 fully saturated rings. The maximum Gasteiger partial charge on any atom is 0.234 e. The normalized spacial score (nSPS) is 16.2. The van der Waals surface area contributed by atoms with E-state index in [0.29, 0.717) is 5.92 Å². The number of nitrogens with one attached hydrogen (secondary N) is 2. The van der Waals surface area contributed by atoms with Crippen LogP contribution in [-0.2, 0) is 4.79 Å². The number of carbonyl (C=O) groups is 1. The van der Waals surface area contributed by atoms with E-state index < -0.39 is 17.7 Å². The Hall–Kier alpha value is -1.49. The number of halogens is 2. The molecule has 104 valence electrons. The minimum atomic E-state index is -0.640. The second-order valence-corrected chi connectivity index (χ2v) is 5.03. The van der Waals surface area contributed by atoms with Gasteiger partial charge in [0, 0.05) is 11.6 Å². The second kappa shape index (κ2) is 6.10. The Kier molecular flexibility index (Phi) is 4.47.